The minimum absolute atomic E-state index is 0.164. The van der Waals surface area contributed by atoms with Crippen LogP contribution in [-0.2, 0) is 14.3 Å². The molecule has 44 heavy (non-hydrogen) atoms. The molecule has 2 saturated heterocycles. The lowest BCUT2D eigenvalue weighted by atomic mass is 9.95. The summed E-state index contributed by atoms with van der Waals surface area (Å²) in [5, 5.41) is 9.18. The van der Waals surface area contributed by atoms with Crippen LogP contribution < -0.4 is 15.5 Å². The van der Waals surface area contributed by atoms with Gasteiger partial charge < -0.3 is 15.4 Å². The van der Waals surface area contributed by atoms with Crippen molar-refractivity contribution in [3.8, 4) is 22.5 Å². The maximum absolute atomic E-state index is 13.9. The normalized spacial score (nSPS) is 17.5. The van der Waals surface area contributed by atoms with E-state index in [1.165, 1.54) is 40.4 Å². The topological polar surface area (TPSA) is 124 Å². The van der Waals surface area contributed by atoms with E-state index >= 15 is 0 Å². The summed E-state index contributed by atoms with van der Waals surface area (Å²) >= 11 is 0. The first-order chi connectivity index (χ1) is 21.2. The van der Waals surface area contributed by atoms with Gasteiger partial charge in [-0.1, -0.05) is 12.1 Å². The Labute approximate surface area is 252 Å². The number of nitrogens with zero attached hydrogens (tertiary/aromatic N) is 7. The molecule has 3 aromatic heterocycles. The SMILES string of the molecule is CC1(C)C(=O)N(c2cccc(-c3cc(-c4ccnn4C4CCOCC4)c4c(N)ncnn34)c2)CC(=O)N1c1ccc(F)cc1. The molecular formula is C32H31FN8O3. The van der Waals surface area contributed by atoms with E-state index in [0.717, 1.165) is 35.4 Å². The van der Waals surface area contributed by atoms with Crippen molar-refractivity contribution in [2.75, 3.05) is 35.3 Å². The van der Waals surface area contributed by atoms with Gasteiger partial charge in [-0.15, -0.1) is 0 Å². The van der Waals surface area contributed by atoms with Crippen molar-refractivity contribution in [2.24, 2.45) is 0 Å². The van der Waals surface area contributed by atoms with Crippen LogP contribution in [0.25, 0.3) is 28.0 Å². The lowest BCUT2D eigenvalue weighted by Gasteiger charge is -2.45. The van der Waals surface area contributed by atoms with Gasteiger partial charge in [0.25, 0.3) is 5.91 Å². The van der Waals surface area contributed by atoms with Crippen molar-refractivity contribution in [2.45, 2.75) is 38.3 Å². The molecule has 2 aliphatic heterocycles. The Bertz CT molecular complexity index is 1890. The number of carbonyl (C=O) groups is 2. The Hall–Kier alpha value is -5.10. The average molecular weight is 595 g/mol. The number of anilines is 3. The van der Waals surface area contributed by atoms with Gasteiger partial charge in [0.15, 0.2) is 5.82 Å². The number of nitrogen functional groups attached to an aromatic ring is 1. The highest BCUT2D eigenvalue weighted by atomic mass is 19.1. The lowest BCUT2D eigenvalue weighted by Crippen LogP contribution is -2.66. The van der Waals surface area contributed by atoms with Gasteiger partial charge in [0, 0.05) is 41.9 Å². The first-order valence-corrected chi connectivity index (χ1v) is 14.5. The zero-order chi connectivity index (χ0) is 30.6. The number of halogens is 1. The van der Waals surface area contributed by atoms with E-state index < -0.39 is 11.4 Å². The minimum Gasteiger partial charge on any atom is -0.382 e. The van der Waals surface area contributed by atoms with Gasteiger partial charge in [-0.25, -0.2) is 13.9 Å². The monoisotopic (exact) mass is 594 g/mol. The number of hydrogen-bond acceptors (Lipinski definition) is 7. The summed E-state index contributed by atoms with van der Waals surface area (Å²) in [7, 11) is 0. The van der Waals surface area contributed by atoms with Crippen LogP contribution >= 0.6 is 0 Å². The molecule has 0 aliphatic carbocycles. The molecule has 0 spiro atoms. The summed E-state index contributed by atoms with van der Waals surface area (Å²) in [5.74, 6) is -0.617. The van der Waals surface area contributed by atoms with Crippen LogP contribution in [-0.4, -0.2) is 61.5 Å². The average Bonchev–Trinajstić information content (AvgIpc) is 3.66. The summed E-state index contributed by atoms with van der Waals surface area (Å²) in [6.07, 6.45) is 4.91. The second-order valence-electron chi connectivity index (χ2n) is 11.6. The summed E-state index contributed by atoms with van der Waals surface area (Å²) in [6, 6.07) is 17.2. The first kappa shape index (κ1) is 27.7. The number of hydrogen-bond donors (Lipinski definition) is 1. The highest BCUT2D eigenvalue weighted by Gasteiger charge is 2.47. The number of fused-ring (bicyclic) bond motifs is 1. The quantitative estimate of drug-likeness (QED) is 0.318. The zero-order valence-corrected chi connectivity index (χ0v) is 24.4. The van der Waals surface area contributed by atoms with Crippen molar-refractivity contribution in [1.82, 2.24) is 24.4 Å². The van der Waals surface area contributed by atoms with Crippen LogP contribution in [0.3, 0.4) is 0 Å². The smallest absolute Gasteiger partial charge is 0.253 e. The number of carbonyl (C=O) groups excluding carboxylic acids is 2. The van der Waals surface area contributed by atoms with E-state index in [2.05, 4.69) is 15.2 Å². The summed E-state index contributed by atoms with van der Waals surface area (Å²) in [4.78, 5) is 34.6. The Morgan fingerprint density at radius 3 is 2.50 bits per heavy atom. The molecule has 7 rings (SSSR count). The molecule has 2 aliphatic rings. The number of nitrogens with two attached hydrogens (primary N) is 1. The van der Waals surface area contributed by atoms with Gasteiger partial charge in [0.05, 0.1) is 17.4 Å². The van der Waals surface area contributed by atoms with Crippen LogP contribution in [0, 0.1) is 5.82 Å². The maximum atomic E-state index is 13.9. The summed E-state index contributed by atoms with van der Waals surface area (Å²) in [5.41, 5.74) is 10.2. The fourth-order valence-corrected chi connectivity index (χ4v) is 6.33. The number of rotatable bonds is 5. The fourth-order valence-electron chi connectivity index (χ4n) is 6.33. The highest BCUT2D eigenvalue weighted by molar-refractivity contribution is 6.16. The molecule has 0 unspecified atom stereocenters. The van der Waals surface area contributed by atoms with Gasteiger partial charge in [0.2, 0.25) is 5.91 Å². The number of benzene rings is 2. The van der Waals surface area contributed by atoms with Crippen LogP contribution in [0.15, 0.2) is 73.2 Å². The second kappa shape index (κ2) is 10.6. The molecule has 12 heteroatoms. The Balaban J connectivity index is 1.28. The number of aromatic nitrogens is 5. The van der Waals surface area contributed by atoms with Gasteiger partial charge in [-0.2, -0.15) is 10.2 Å². The Morgan fingerprint density at radius 2 is 1.73 bits per heavy atom. The van der Waals surface area contributed by atoms with Crippen molar-refractivity contribution in [1.29, 1.82) is 0 Å². The molecule has 224 valence electrons. The summed E-state index contributed by atoms with van der Waals surface area (Å²) in [6.45, 7) is 4.59. The van der Waals surface area contributed by atoms with Crippen molar-refractivity contribution in [3.05, 3.63) is 79.0 Å². The van der Waals surface area contributed by atoms with Crippen LogP contribution in [0.4, 0.5) is 21.6 Å². The molecule has 2 amide bonds. The minimum atomic E-state index is -1.21. The van der Waals surface area contributed by atoms with Gasteiger partial charge >= 0.3 is 0 Å². The lowest BCUT2D eigenvalue weighted by molar-refractivity contribution is -0.131. The molecule has 0 bridgehead atoms. The highest BCUT2D eigenvalue weighted by Crippen LogP contribution is 2.38. The largest absolute Gasteiger partial charge is 0.382 e. The van der Waals surface area contributed by atoms with Crippen LogP contribution in [0.5, 0.6) is 0 Å². The predicted molar refractivity (Wildman–Crippen MR) is 163 cm³/mol. The molecule has 0 atom stereocenters. The molecule has 11 nitrogen and oxygen atoms in total. The predicted octanol–water partition coefficient (Wildman–Crippen LogP) is 4.49. The number of amides is 2. The number of ether oxygens (including phenoxy) is 1. The summed E-state index contributed by atoms with van der Waals surface area (Å²) < 4.78 is 22.9. The third-order valence-corrected chi connectivity index (χ3v) is 8.47. The number of piperazine rings is 1. The third kappa shape index (κ3) is 4.49. The van der Waals surface area contributed by atoms with E-state index in [9.17, 15) is 14.0 Å². The molecule has 2 aromatic carbocycles. The van der Waals surface area contributed by atoms with Gasteiger partial charge in [0.1, 0.15) is 29.7 Å². The third-order valence-electron chi connectivity index (χ3n) is 8.47. The molecule has 2 N–H and O–H groups in total. The van der Waals surface area contributed by atoms with E-state index in [0.29, 0.717) is 35.9 Å². The molecule has 5 aromatic rings. The Morgan fingerprint density at radius 1 is 0.955 bits per heavy atom. The zero-order valence-electron chi connectivity index (χ0n) is 24.4. The van der Waals surface area contributed by atoms with Crippen molar-refractivity contribution >= 4 is 34.5 Å². The molecule has 0 radical (unpaired) electrons. The maximum Gasteiger partial charge on any atom is 0.253 e. The van der Waals surface area contributed by atoms with E-state index in [1.807, 2.05) is 35.0 Å². The van der Waals surface area contributed by atoms with E-state index in [1.54, 1.807) is 30.6 Å². The first-order valence-electron chi connectivity index (χ1n) is 14.5. The molecule has 2 fully saturated rings. The van der Waals surface area contributed by atoms with E-state index in [4.69, 9.17) is 10.5 Å². The van der Waals surface area contributed by atoms with Crippen molar-refractivity contribution in [3.63, 3.8) is 0 Å². The van der Waals surface area contributed by atoms with Gasteiger partial charge in [-0.05, 0) is 75.2 Å². The molecule has 0 saturated carbocycles. The van der Waals surface area contributed by atoms with Crippen molar-refractivity contribution < 1.29 is 18.7 Å². The fraction of sp³-hybridized carbons (Fsp3) is 0.281. The molecule has 5 heterocycles. The van der Waals surface area contributed by atoms with Crippen LogP contribution in [0.2, 0.25) is 0 Å². The Kier molecular flexibility index (Phi) is 6.65. The second-order valence-corrected chi connectivity index (χ2v) is 11.6. The standard InChI is InChI=1S/C32H31FN8O3/c1-32(2)31(43)38(18-28(42)39(32)22-8-6-21(33)7-9-22)24-5-3-4-20(16-24)27-17-25(29-30(34)35-19-37-41(27)29)26-10-13-36-40(26)23-11-14-44-15-12-23/h3-10,13,16-17,19,23H,11-12,14-15,18H2,1-2H3,(H2,34,35,37). The van der Waals surface area contributed by atoms with Gasteiger partial charge in [-0.3, -0.25) is 19.2 Å². The van der Waals surface area contributed by atoms with Crippen LogP contribution in [0.1, 0.15) is 32.7 Å². The van der Waals surface area contributed by atoms with E-state index in [-0.39, 0.29) is 24.4 Å². The molecular weight excluding hydrogens is 563 g/mol.